The molecule has 1 fully saturated rings. The molecule has 0 atom stereocenters. The Kier molecular flexibility index (Phi) is 5.22. The Balaban J connectivity index is 2.09. The molecule has 0 unspecified atom stereocenters. The van der Waals surface area contributed by atoms with Gasteiger partial charge in [0.25, 0.3) is 0 Å². The minimum Gasteiger partial charge on any atom is -0.389 e. The number of aliphatic hydroxyl groups is 1. The van der Waals surface area contributed by atoms with Gasteiger partial charge in [-0.15, -0.1) is 0 Å². The monoisotopic (exact) mass is 228 g/mol. The Bertz CT molecular complexity index is 223. The van der Waals surface area contributed by atoms with Crippen molar-refractivity contribution >= 4 is 5.91 Å². The molecule has 3 N–H and O–H groups in total. The normalized spacial score (nSPS) is 30.1. The second-order valence-electron chi connectivity index (χ2n) is 5.07. The van der Waals surface area contributed by atoms with E-state index >= 15 is 0 Å². The van der Waals surface area contributed by atoms with E-state index in [4.69, 9.17) is 0 Å². The topological polar surface area (TPSA) is 61.4 Å². The van der Waals surface area contributed by atoms with Crippen LogP contribution in [0, 0.1) is 5.92 Å². The second-order valence-corrected chi connectivity index (χ2v) is 5.07. The molecular formula is C12H24N2O2. The van der Waals surface area contributed by atoms with Gasteiger partial charge < -0.3 is 15.7 Å². The van der Waals surface area contributed by atoms with Gasteiger partial charge in [0, 0.05) is 26.6 Å². The molecule has 0 aromatic rings. The predicted molar refractivity (Wildman–Crippen MR) is 64.1 cm³/mol. The van der Waals surface area contributed by atoms with E-state index < -0.39 is 5.60 Å². The van der Waals surface area contributed by atoms with Crippen molar-refractivity contribution in [3.63, 3.8) is 0 Å². The van der Waals surface area contributed by atoms with Gasteiger partial charge in [0.15, 0.2) is 0 Å². The van der Waals surface area contributed by atoms with E-state index in [1.807, 2.05) is 0 Å². The standard InChI is InChI=1S/C12H24N2O2/c1-10-3-5-12(16,6-4-10)9-13-7-8-14-11(2)15/h10,13,16H,3-9H2,1-2H3,(H,14,15). The maximum Gasteiger partial charge on any atom is 0.216 e. The molecule has 0 bridgehead atoms. The molecule has 0 heterocycles. The summed E-state index contributed by atoms with van der Waals surface area (Å²) in [5.41, 5.74) is -0.525. The lowest BCUT2D eigenvalue weighted by Crippen LogP contribution is -2.45. The molecule has 1 aliphatic carbocycles. The molecule has 94 valence electrons. The SMILES string of the molecule is CC(=O)NCCNCC1(O)CCC(C)CC1. The Labute approximate surface area is 97.8 Å². The van der Waals surface area contributed by atoms with Crippen LogP contribution in [0.4, 0.5) is 0 Å². The van der Waals surface area contributed by atoms with Crippen LogP contribution in [0.3, 0.4) is 0 Å². The summed E-state index contributed by atoms with van der Waals surface area (Å²) in [6.07, 6.45) is 4.01. The van der Waals surface area contributed by atoms with Crippen molar-refractivity contribution in [3.8, 4) is 0 Å². The van der Waals surface area contributed by atoms with E-state index in [9.17, 15) is 9.90 Å². The van der Waals surface area contributed by atoms with Crippen LogP contribution < -0.4 is 10.6 Å². The van der Waals surface area contributed by atoms with E-state index in [0.29, 0.717) is 13.1 Å². The van der Waals surface area contributed by atoms with Gasteiger partial charge in [-0.3, -0.25) is 4.79 Å². The van der Waals surface area contributed by atoms with Gasteiger partial charge >= 0.3 is 0 Å². The predicted octanol–water partition coefficient (Wildman–Crippen LogP) is 0.653. The van der Waals surface area contributed by atoms with Gasteiger partial charge in [0.2, 0.25) is 5.91 Å². The van der Waals surface area contributed by atoms with Gasteiger partial charge in [-0.1, -0.05) is 6.92 Å². The molecule has 0 radical (unpaired) electrons. The summed E-state index contributed by atoms with van der Waals surface area (Å²) < 4.78 is 0. The summed E-state index contributed by atoms with van der Waals surface area (Å²) in [7, 11) is 0. The molecular weight excluding hydrogens is 204 g/mol. The maximum absolute atomic E-state index is 10.6. The number of carbonyl (C=O) groups excluding carboxylic acids is 1. The summed E-state index contributed by atoms with van der Waals surface area (Å²) in [6.45, 7) is 5.73. The van der Waals surface area contributed by atoms with Crippen molar-refractivity contribution in [2.75, 3.05) is 19.6 Å². The van der Waals surface area contributed by atoms with E-state index in [2.05, 4.69) is 17.6 Å². The van der Waals surface area contributed by atoms with E-state index in [1.165, 1.54) is 6.92 Å². The number of amides is 1. The van der Waals surface area contributed by atoms with Crippen LogP contribution in [0.5, 0.6) is 0 Å². The van der Waals surface area contributed by atoms with Crippen LogP contribution in [0.25, 0.3) is 0 Å². The highest BCUT2D eigenvalue weighted by Crippen LogP contribution is 2.31. The Morgan fingerprint density at radius 2 is 2.00 bits per heavy atom. The third-order valence-corrected chi connectivity index (χ3v) is 3.33. The minimum absolute atomic E-state index is 0.00740. The first-order valence-electron chi connectivity index (χ1n) is 6.19. The van der Waals surface area contributed by atoms with Gasteiger partial charge in [0.1, 0.15) is 0 Å². The van der Waals surface area contributed by atoms with Crippen LogP contribution in [0.2, 0.25) is 0 Å². The zero-order valence-corrected chi connectivity index (χ0v) is 10.4. The third-order valence-electron chi connectivity index (χ3n) is 3.33. The first-order chi connectivity index (χ1) is 7.52. The van der Waals surface area contributed by atoms with Crippen molar-refractivity contribution in [1.82, 2.24) is 10.6 Å². The third kappa shape index (κ3) is 4.94. The zero-order chi connectivity index (χ0) is 12.0. The summed E-state index contributed by atoms with van der Waals surface area (Å²) in [5.74, 6) is 0.742. The van der Waals surface area contributed by atoms with Crippen LogP contribution in [-0.2, 0) is 4.79 Å². The molecule has 1 amide bonds. The largest absolute Gasteiger partial charge is 0.389 e. The maximum atomic E-state index is 10.6. The summed E-state index contributed by atoms with van der Waals surface area (Å²) in [6, 6.07) is 0. The lowest BCUT2D eigenvalue weighted by atomic mass is 9.79. The van der Waals surface area contributed by atoms with Gasteiger partial charge in [0.05, 0.1) is 5.60 Å². The Hall–Kier alpha value is -0.610. The Morgan fingerprint density at radius 1 is 1.38 bits per heavy atom. The minimum atomic E-state index is -0.525. The fraction of sp³-hybridized carbons (Fsp3) is 0.917. The molecule has 4 heteroatoms. The molecule has 16 heavy (non-hydrogen) atoms. The van der Waals surface area contributed by atoms with E-state index in [1.54, 1.807) is 0 Å². The van der Waals surface area contributed by atoms with E-state index in [-0.39, 0.29) is 5.91 Å². The highest BCUT2D eigenvalue weighted by molar-refractivity contribution is 5.72. The summed E-state index contributed by atoms with van der Waals surface area (Å²) >= 11 is 0. The van der Waals surface area contributed by atoms with Crippen molar-refractivity contribution in [3.05, 3.63) is 0 Å². The number of rotatable bonds is 5. The lowest BCUT2D eigenvalue weighted by Gasteiger charge is -2.35. The van der Waals surface area contributed by atoms with Crippen molar-refractivity contribution in [2.24, 2.45) is 5.92 Å². The number of nitrogens with one attached hydrogen (secondary N) is 2. The summed E-state index contributed by atoms with van der Waals surface area (Å²) in [5, 5.41) is 16.2. The molecule has 4 nitrogen and oxygen atoms in total. The first-order valence-corrected chi connectivity index (χ1v) is 6.19. The van der Waals surface area contributed by atoms with Gasteiger partial charge in [-0.25, -0.2) is 0 Å². The lowest BCUT2D eigenvalue weighted by molar-refractivity contribution is -0.118. The smallest absolute Gasteiger partial charge is 0.216 e. The van der Waals surface area contributed by atoms with Crippen molar-refractivity contribution in [1.29, 1.82) is 0 Å². The molecule has 1 rings (SSSR count). The fourth-order valence-corrected chi connectivity index (χ4v) is 2.12. The highest BCUT2D eigenvalue weighted by atomic mass is 16.3. The summed E-state index contributed by atoms with van der Waals surface area (Å²) in [4.78, 5) is 10.6. The first kappa shape index (κ1) is 13.5. The number of hydrogen-bond acceptors (Lipinski definition) is 3. The molecule has 0 aromatic heterocycles. The number of carbonyl (C=O) groups is 1. The van der Waals surface area contributed by atoms with Crippen molar-refractivity contribution in [2.45, 2.75) is 45.1 Å². The zero-order valence-electron chi connectivity index (χ0n) is 10.4. The van der Waals surface area contributed by atoms with Gasteiger partial charge in [-0.05, 0) is 31.6 Å². The van der Waals surface area contributed by atoms with Crippen LogP contribution in [0.15, 0.2) is 0 Å². The average molecular weight is 228 g/mol. The van der Waals surface area contributed by atoms with Crippen LogP contribution >= 0.6 is 0 Å². The molecule has 0 spiro atoms. The van der Waals surface area contributed by atoms with Crippen LogP contribution in [0.1, 0.15) is 39.5 Å². The molecule has 0 saturated heterocycles. The van der Waals surface area contributed by atoms with Gasteiger partial charge in [-0.2, -0.15) is 0 Å². The second kappa shape index (κ2) is 6.21. The fourth-order valence-electron chi connectivity index (χ4n) is 2.12. The Morgan fingerprint density at radius 3 is 2.56 bits per heavy atom. The molecule has 1 aliphatic rings. The number of hydrogen-bond donors (Lipinski definition) is 3. The molecule has 1 saturated carbocycles. The highest BCUT2D eigenvalue weighted by Gasteiger charge is 2.30. The molecule has 0 aliphatic heterocycles. The molecule has 0 aromatic carbocycles. The van der Waals surface area contributed by atoms with Crippen LogP contribution in [-0.4, -0.2) is 36.2 Å². The van der Waals surface area contributed by atoms with Crippen molar-refractivity contribution < 1.29 is 9.90 Å². The quantitative estimate of drug-likeness (QED) is 0.606. The van der Waals surface area contributed by atoms with E-state index in [0.717, 1.165) is 38.1 Å². The average Bonchev–Trinajstić information content (AvgIpc) is 2.22.